The smallest absolute Gasteiger partial charge is 0.306 e. The molecule has 2 rings (SSSR count). The predicted octanol–water partition coefficient (Wildman–Crippen LogP) is 1.69. The fraction of sp³-hybridized carbons (Fsp3) is 0.667. The number of carboxylic acids is 1. The minimum absolute atomic E-state index is 0.0308. The van der Waals surface area contributed by atoms with Crippen LogP contribution in [-0.4, -0.2) is 32.8 Å². The first kappa shape index (κ1) is 15.5. The summed E-state index contributed by atoms with van der Waals surface area (Å²) in [6.07, 6.45) is 3.40. The van der Waals surface area contributed by atoms with Crippen LogP contribution in [0.3, 0.4) is 0 Å². The van der Waals surface area contributed by atoms with Gasteiger partial charge >= 0.3 is 5.97 Å². The lowest BCUT2D eigenvalue weighted by atomic mass is 9.80. The van der Waals surface area contributed by atoms with Crippen LogP contribution >= 0.6 is 0 Å². The first-order valence-corrected chi connectivity index (χ1v) is 7.50. The standard InChI is InChI=1S/C15H23N3O3/c1-4-13-12(7-16-18(13)8-9(2)3)14(19)17-11-5-10(6-11)15(20)21/h7,9-11H,4-6,8H2,1-3H3,(H,17,19)(H,20,21). The average molecular weight is 293 g/mol. The number of carbonyl (C=O) groups is 2. The average Bonchev–Trinajstić information content (AvgIpc) is 2.74. The van der Waals surface area contributed by atoms with Gasteiger partial charge in [-0.15, -0.1) is 0 Å². The molecule has 6 nitrogen and oxygen atoms in total. The Labute approximate surface area is 124 Å². The molecular weight excluding hydrogens is 270 g/mol. The van der Waals surface area contributed by atoms with E-state index >= 15 is 0 Å². The SMILES string of the molecule is CCc1c(C(=O)NC2CC(C(=O)O)C2)cnn1CC(C)C. The van der Waals surface area contributed by atoms with E-state index in [4.69, 9.17) is 5.11 Å². The van der Waals surface area contributed by atoms with Crippen molar-refractivity contribution < 1.29 is 14.7 Å². The van der Waals surface area contributed by atoms with Gasteiger partial charge in [0.15, 0.2) is 0 Å². The van der Waals surface area contributed by atoms with Crippen LogP contribution in [-0.2, 0) is 17.8 Å². The van der Waals surface area contributed by atoms with Crippen molar-refractivity contribution in [1.29, 1.82) is 0 Å². The number of aromatic nitrogens is 2. The molecule has 0 aromatic carbocycles. The number of rotatable bonds is 6. The Balaban J connectivity index is 2.00. The van der Waals surface area contributed by atoms with Gasteiger partial charge in [-0.25, -0.2) is 0 Å². The Bertz CT molecular complexity index is 530. The Hall–Kier alpha value is -1.85. The van der Waals surface area contributed by atoms with Gasteiger partial charge in [0.1, 0.15) is 0 Å². The zero-order chi connectivity index (χ0) is 15.6. The number of hydrogen-bond acceptors (Lipinski definition) is 3. The molecule has 0 radical (unpaired) electrons. The van der Waals surface area contributed by atoms with Crippen LogP contribution in [0.25, 0.3) is 0 Å². The van der Waals surface area contributed by atoms with E-state index in [2.05, 4.69) is 24.3 Å². The van der Waals surface area contributed by atoms with Crippen LogP contribution < -0.4 is 5.32 Å². The Morgan fingerprint density at radius 1 is 1.48 bits per heavy atom. The third-order valence-electron chi connectivity index (χ3n) is 3.89. The first-order chi connectivity index (χ1) is 9.92. The lowest BCUT2D eigenvalue weighted by Crippen LogP contribution is -2.46. The lowest BCUT2D eigenvalue weighted by Gasteiger charge is -2.32. The molecule has 116 valence electrons. The van der Waals surface area contributed by atoms with Crippen LogP contribution in [0.5, 0.6) is 0 Å². The summed E-state index contributed by atoms with van der Waals surface area (Å²) in [5.74, 6) is -0.770. The van der Waals surface area contributed by atoms with E-state index in [-0.39, 0.29) is 17.9 Å². The highest BCUT2D eigenvalue weighted by atomic mass is 16.4. The van der Waals surface area contributed by atoms with Crippen molar-refractivity contribution in [2.24, 2.45) is 11.8 Å². The molecule has 1 aromatic heterocycles. The molecule has 1 heterocycles. The zero-order valence-corrected chi connectivity index (χ0v) is 12.8. The van der Waals surface area contributed by atoms with Gasteiger partial charge in [0, 0.05) is 12.6 Å². The number of nitrogens with zero attached hydrogens (tertiary/aromatic N) is 2. The van der Waals surface area contributed by atoms with Crippen molar-refractivity contribution >= 4 is 11.9 Å². The van der Waals surface area contributed by atoms with Gasteiger partial charge in [-0.3, -0.25) is 14.3 Å². The predicted molar refractivity (Wildman–Crippen MR) is 78.1 cm³/mol. The number of amides is 1. The van der Waals surface area contributed by atoms with E-state index < -0.39 is 5.97 Å². The molecule has 0 spiro atoms. The van der Waals surface area contributed by atoms with Gasteiger partial charge in [-0.1, -0.05) is 20.8 Å². The number of carbonyl (C=O) groups excluding carboxylic acids is 1. The van der Waals surface area contributed by atoms with Gasteiger partial charge in [0.2, 0.25) is 0 Å². The molecule has 1 aliphatic rings. The summed E-state index contributed by atoms with van der Waals surface area (Å²) in [6, 6.07) is -0.0308. The second kappa shape index (κ2) is 6.28. The van der Waals surface area contributed by atoms with Crippen LogP contribution in [0, 0.1) is 11.8 Å². The zero-order valence-electron chi connectivity index (χ0n) is 12.8. The highest BCUT2D eigenvalue weighted by Crippen LogP contribution is 2.27. The van der Waals surface area contributed by atoms with Crippen LogP contribution in [0.1, 0.15) is 49.7 Å². The Morgan fingerprint density at radius 2 is 2.14 bits per heavy atom. The van der Waals surface area contributed by atoms with Crippen molar-refractivity contribution in [2.45, 2.75) is 52.6 Å². The molecule has 0 bridgehead atoms. The second-order valence-corrected chi connectivity index (χ2v) is 6.11. The van der Waals surface area contributed by atoms with Crippen molar-refractivity contribution in [1.82, 2.24) is 15.1 Å². The summed E-state index contributed by atoms with van der Waals surface area (Å²) < 4.78 is 1.89. The molecule has 1 amide bonds. The summed E-state index contributed by atoms with van der Waals surface area (Å²) in [5, 5.41) is 16.1. The molecule has 2 N–H and O–H groups in total. The van der Waals surface area contributed by atoms with E-state index in [1.807, 2.05) is 11.6 Å². The van der Waals surface area contributed by atoms with E-state index in [9.17, 15) is 9.59 Å². The molecule has 0 aliphatic heterocycles. The fourth-order valence-corrected chi connectivity index (χ4v) is 2.68. The lowest BCUT2D eigenvalue weighted by molar-refractivity contribution is -0.145. The van der Waals surface area contributed by atoms with Crippen LogP contribution in [0.15, 0.2) is 6.20 Å². The molecule has 21 heavy (non-hydrogen) atoms. The highest BCUT2D eigenvalue weighted by molar-refractivity contribution is 5.95. The monoisotopic (exact) mass is 293 g/mol. The second-order valence-electron chi connectivity index (χ2n) is 6.11. The third-order valence-corrected chi connectivity index (χ3v) is 3.89. The van der Waals surface area contributed by atoms with Crippen molar-refractivity contribution in [3.05, 3.63) is 17.5 Å². The quantitative estimate of drug-likeness (QED) is 0.836. The van der Waals surface area contributed by atoms with E-state index in [1.165, 1.54) is 0 Å². The molecule has 1 aromatic rings. The first-order valence-electron chi connectivity index (χ1n) is 7.50. The van der Waals surface area contributed by atoms with Crippen molar-refractivity contribution in [3.8, 4) is 0 Å². The highest BCUT2D eigenvalue weighted by Gasteiger charge is 2.35. The molecule has 1 fully saturated rings. The summed E-state index contributed by atoms with van der Waals surface area (Å²) >= 11 is 0. The topological polar surface area (TPSA) is 84.2 Å². The fourth-order valence-electron chi connectivity index (χ4n) is 2.68. The Kier molecular flexibility index (Phi) is 4.65. The van der Waals surface area contributed by atoms with Crippen molar-refractivity contribution in [2.75, 3.05) is 0 Å². The number of carboxylic acid groups (broad SMARTS) is 1. The maximum Gasteiger partial charge on any atom is 0.306 e. The number of nitrogens with one attached hydrogen (secondary N) is 1. The molecule has 0 saturated heterocycles. The van der Waals surface area contributed by atoms with Crippen LogP contribution in [0.4, 0.5) is 0 Å². The third kappa shape index (κ3) is 3.43. The maximum absolute atomic E-state index is 12.3. The maximum atomic E-state index is 12.3. The molecular formula is C15H23N3O3. The van der Waals surface area contributed by atoms with Gasteiger partial charge in [-0.2, -0.15) is 5.10 Å². The van der Waals surface area contributed by atoms with Crippen LogP contribution in [0.2, 0.25) is 0 Å². The van der Waals surface area contributed by atoms with Gasteiger partial charge in [-0.05, 0) is 25.2 Å². The van der Waals surface area contributed by atoms with E-state index in [1.54, 1.807) is 6.20 Å². The summed E-state index contributed by atoms with van der Waals surface area (Å²) in [4.78, 5) is 23.1. The molecule has 0 unspecified atom stereocenters. The normalized spacial score (nSPS) is 21.1. The van der Waals surface area contributed by atoms with E-state index in [0.717, 1.165) is 18.7 Å². The molecule has 1 saturated carbocycles. The van der Waals surface area contributed by atoms with E-state index in [0.29, 0.717) is 24.3 Å². The largest absolute Gasteiger partial charge is 0.481 e. The van der Waals surface area contributed by atoms with Gasteiger partial charge in [0.25, 0.3) is 5.91 Å². The number of aliphatic carboxylic acids is 1. The minimum atomic E-state index is -0.778. The summed E-state index contributed by atoms with van der Waals surface area (Å²) in [5.41, 5.74) is 1.55. The summed E-state index contributed by atoms with van der Waals surface area (Å²) in [6.45, 7) is 7.03. The summed E-state index contributed by atoms with van der Waals surface area (Å²) in [7, 11) is 0. The van der Waals surface area contributed by atoms with Crippen molar-refractivity contribution in [3.63, 3.8) is 0 Å². The minimum Gasteiger partial charge on any atom is -0.481 e. The molecule has 0 atom stereocenters. The number of hydrogen-bond donors (Lipinski definition) is 2. The van der Waals surface area contributed by atoms with Gasteiger partial charge in [0.05, 0.1) is 23.4 Å². The molecule has 1 aliphatic carbocycles. The molecule has 6 heteroatoms. The van der Waals surface area contributed by atoms with Gasteiger partial charge < -0.3 is 10.4 Å². The Morgan fingerprint density at radius 3 is 2.67 bits per heavy atom.